The van der Waals surface area contributed by atoms with Gasteiger partial charge in [-0.25, -0.2) is 0 Å². The van der Waals surface area contributed by atoms with E-state index in [0.29, 0.717) is 6.07 Å². The molecular weight excluding hydrogens is 251 g/mol. The van der Waals surface area contributed by atoms with Crippen LogP contribution in [0.3, 0.4) is 0 Å². The van der Waals surface area contributed by atoms with Gasteiger partial charge in [-0.15, -0.1) is 0 Å². The molecule has 0 heterocycles. The molecule has 0 radical (unpaired) electrons. The molecule has 0 fully saturated rings. The Morgan fingerprint density at radius 2 is 2.06 bits per heavy atom. The van der Waals surface area contributed by atoms with E-state index in [-0.39, 0.29) is 17.5 Å². The molecule has 98 valence electrons. The van der Waals surface area contributed by atoms with Crippen LogP contribution in [0.5, 0.6) is 0 Å². The average molecular weight is 261 g/mol. The van der Waals surface area contributed by atoms with Crippen molar-refractivity contribution in [3.63, 3.8) is 0 Å². The van der Waals surface area contributed by atoms with Crippen molar-refractivity contribution in [2.45, 2.75) is 6.18 Å². The van der Waals surface area contributed by atoms with E-state index >= 15 is 0 Å². The number of anilines is 1. The van der Waals surface area contributed by atoms with Crippen molar-refractivity contribution in [3.8, 4) is 0 Å². The van der Waals surface area contributed by atoms with Crippen LogP contribution in [0.25, 0.3) is 0 Å². The first-order valence-corrected chi connectivity index (χ1v) is 4.85. The minimum absolute atomic E-state index is 0.139. The number of carbonyl (C=O) groups excluding carboxylic acids is 1. The van der Waals surface area contributed by atoms with Gasteiger partial charge in [0.15, 0.2) is 6.29 Å². The first-order chi connectivity index (χ1) is 8.25. The third kappa shape index (κ3) is 3.22. The lowest BCUT2D eigenvalue weighted by Gasteiger charge is -2.19. The van der Waals surface area contributed by atoms with Gasteiger partial charge in [0.2, 0.25) is 0 Å². The summed E-state index contributed by atoms with van der Waals surface area (Å²) in [5, 5.41) is 8.58. The molecule has 1 N–H and O–H groups in total. The molecular formula is C11H10F3NO3. The molecule has 0 aliphatic heterocycles. The van der Waals surface area contributed by atoms with Gasteiger partial charge in [0.05, 0.1) is 5.56 Å². The molecule has 0 aromatic heterocycles. The predicted octanol–water partition coefficient (Wildman–Crippen LogP) is 2.04. The van der Waals surface area contributed by atoms with Crippen LogP contribution in [0.15, 0.2) is 18.2 Å². The average Bonchev–Trinajstić information content (AvgIpc) is 2.26. The highest BCUT2D eigenvalue weighted by molar-refractivity contribution is 5.86. The van der Waals surface area contributed by atoms with E-state index in [4.69, 9.17) is 5.11 Å². The molecule has 4 nitrogen and oxygen atoms in total. The summed E-state index contributed by atoms with van der Waals surface area (Å²) >= 11 is 0. The van der Waals surface area contributed by atoms with E-state index in [2.05, 4.69) is 0 Å². The first-order valence-electron chi connectivity index (χ1n) is 4.85. The Kier molecular flexibility index (Phi) is 3.95. The minimum Gasteiger partial charge on any atom is -0.480 e. The number of nitrogens with zero attached hydrogens (tertiary/aromatic N) is 1. The Bertz CT molecular complexity index is 471. The summed E-state index contributed by atoms with van der Waals surface area (Å²) in [6.07, 6.45) is -4.27. The zero-order chi connectivity index (χ0) is 13.9. The molecule has 18 heavy (non-hydrogen) atoms. The molecule has 0 aliphatic carbocycles. The van der Waals surface area contributed by atoms with Crippen molar-refractivity contribution in [1.82, 2.24) is 0 Å². The Morgan fingerprint density at radius 1 is 1.44 bits per heavy atom. The summed E-state index contributed by atoms with van der Waals surface area (Å²) in [7, 11) is 1.38. The van der Waals surface area contributed by atoms with E-state index in [1.807, 2.05) is 0 Å². The normalized spacial score (nSPS) is 11.1. The van der Waals surface area contributed by atoms with Gasteiger partial charge >= 0.3 is 12.1 Å². The number of carbonyl (C=O) groups is 2. The first kappa shape index (κ1) is 14.0. The third-order valence-electron chi connectivity index (χ3n) is 2.27. The van der Waals surface area contributed by atoms with E-state index in [1.165, 1.54) is 11.9 Å². The number of alkyl halides is 3. The van der Waals surface area contributed by atoms with E-state index < -0.39 is 24.3 Å². The van der Waals surface area contributed by atoms with Crippen LogP contribution in [0.4, 0.5) is 18.9 Å². The quantitative estimate of drug-likeness (QED) is 0.842. The standard InChI is InChI=1S/C11H10F3NO3/c1-15(5-10(17)18)9-3-2-8(11(12,13)14)4-7(9)6-16/h2-4,6H,5H2,1H3,(H,17,18). The van der Waals surface area contributed by atoms with Gasteiger partial charge in [-0.2, -0.15) is 13.2 Å². The van der Waals surface area contributed by atoms with Gasteiger partial charge in [0, 0.05) is 18.3 Å². The summed E-state index contributed by atoms with van der Waals surface area (Å²) in [5.74, 6) is -1.14. The lowest BCUT2D eigenvalue weighted by Crippen LogP contribution is -2.26. The summed E-state index contributed by atoms with van der Waals surface area (Å²) in [4.78, 5) is 22.4. The fraction of sp³-hybridized carbons (Fsp3) is 0.273. The van der Waals surface area contributed by atoms with E-state index in [1.54, 1.807) is 0 Å². The van der Waals surface area contributed by atoms with Gasteiger partial charge in [-0.3, -0.25) is 9.59 Å². The molecule has 0 spiro atoms. The maximum absolute atomic E-state index is 12.4. The fourth-order valence-corrected chi connectivity index (χ4v) is 1.46. The van der Waals surface area contributed by atoms with Gasteiger partial charge in [0.25, 0.3) is 0 Å². The SMILES string of the molecule is CN(CC(=O)O)c1ccc(C(F)(F)F)cc1C=O. The zero-order valence-corrected chi connectivity index (χ0v) is 9.36. The Morgan fingerprint density at radius 3 is 2.50 bits per heavy atom. The van der Waals surface area contributed by atoms with Crippen molar-refractivity contribution >= 4 is 17.9 Å². The number of hydrogen-bond donors (Lipinski definition) is 1. The van der Waals surface area contributed by atoms with Crippen LogP contribution in [0.2, 0.25) is 0 Å². The number of benzene rings is 1. The van der Waals surface area contributed by atoms with Crippen LogP contribution in [-0.2, 0) is 11.0 Å². The maximum Gasteiger partial charge on any atom is 0.416 e. The highest BCUT2D eigenvalue weighted by atomic mass is 19.4. The molecule has 1 aromatic rings. The Labute approximate surface area is 101 Å². The summed E-state index contributed by atoms with van der Waals surface area (Å²) in [5.41, 5.74) is -1.01. The van der Waals surface area contributed by atoms with Crippen LogP contribution >= 0.6 is 0 Å². The number of carboxylic acids is 1. The maximum atomic E-state index is 12.4. The van der Waals surface area contributed by atoms with Crippen LogP contribution < -0.4 is 4.90 Å². The number of aliphatic carboxylic acids is 1. The molecule has 1 aromatic carbocycles. The van der Waals surface area contributed by atoms with Gasteiger partial charge in [-0.1, -0.05) is 0 Å². The number of rotatable bonds is 4. The number of carboxylic acid groups (broad SMARTS) is 1. The molecule has 0 bridgehead atoms. The highest BCUT2D eigenvalue weighted by Crippen LogP contribution is 2.32. The van der Waals surface area contributed by atoms with Gasteiger partial charge in [-0.05, 0) is 18.2 Å². The van der Waals surface area contributed by atoms with Crippen molar-refractivity contribution in [2.75, 3.05) is 18.5 Å². The van der Waals surface area contributed by atoms with Crippen molar-refractivity contribution < 1.29 is 27.9 Å². The minimum atomic E-state index is -4.54. The molecule has 0 saturated carbocycles. The monoisotopic (exact) mass is 261 g/mol. The second kappa shape index (κ2) is 5.07. The van der Waals surface area contributed by atoms with E-state index in [9.17, 15) is 22.8 Å². The van der Waals surface area contributed by atoms with E-state index in [0.717, 1.165) is 12.1 Å². The summed E-state index contributed by atoms with van der Waals surface area (Å²) in [6.45, 7) is -0.411. The molecule has 0 atom stereocenters. The molecule has 0 aliphatic rings. The van der Waals surface area contributed by atoms with Crippen molar-refractivity contribution in [1.29, 1.82) is 0 Å². The largest absolute Gasteiger partial charge is 0.480 e. The Balaban J connectivity index is 3.15. The number of halogens is 3. The molecule has 0 unspecified atom stereocenters. The predicted molar refractivity (Wildman–Crippen MR) is 57.7 cm³/mol. The number of likely N-dealkylation sites (N-methyl/N-ethyl adjacent to an activating group) is 1. The lowest BCUT2D eigenvalue weighted by atomic mass is 10.1. The third-order valence-corrected chi connectivity index (χ3v) is 2.27. The topological polar surface area (TPSA) is 57.6 Å². The summed E-state index contributed by atoms with van der Waals surface area (Å²) in [6, 6.07) is 2.58. The lowest BCUT2D eigenvalue weighted by molar-refractivity contribution is -0.138. The molecule has 0 saturated heterocycles. The van der Waals surface area contributed by atoms with Crippen LogP contribution in [0.1, 0.15) is 15.9 Å². The second-order valence-electron chi connectivity index (χ2n) is 3.64. The fourth-order valence-electron chi connectivity index (χ4n) is 1.46. The Hall–Kier alpha value is -2.05. The highest BCUT2D eigenvalue weighted by Gasteiger charge is 2.31. The smallest absolute Gasteiger partial charge is 0.416 e. The molecule has 7 heteroatoms. The number of hydrogen-bond acceptors (Lipinski definition) is 3. The van der Waals surface area contributed by atoms with Crippen molar-refractivity contribution in [3.05, 3.63) is 29.3 Å². The van der Waals surface area contributed by atoms with Crippen LogP contribution in [0, 0.1) is 0 Å². The van der Waals surface area contributed by atoms with Gasteiger partial charge in [0.1, 0.15) is 6.54 Å². The molecule has 0 amide bonds. The summed E-state index contributed by atoms with van der Waals surface area (Å²) < 4.78 is 37.3. The molecule has 1 rings (SSSR count). The number of aldehydes is 1. The van der Waals surface area contributed by atoms with Crippen molar-refractivity contribution in [2.24, 2.45) is 0 Å². The van der Waals surface area contributed by atoms with Gasteiger partial charge < -0.3 is 10.0 Å². The second-order valence-corrected chi connectivity index (χ2v) is 3.64. The zero-order valence-electron chi connectivity index (χ0n) is 9.36. The van der Waals surface area contributed by atoms with Crippen LogP contribution in [-0.4, -0.2) is 31.0 Å².